The highest BCUT2D eigenvalue weighted by molar-refractivity contribution is 5.72. The second-order valence-electron chi connectivity index (χ2n) is 6.97. The van der Waals surface area contributed by atoms with Gasteiger partial charge < -0.3 is 4.74 Å². The van der Waals surface area contributed by atoms with Crippen molar-refractivity contribution < 1.29 is 9.53 Å². The number of benzene rings is 2. The Bertz CT molecular complexity index is 794. The average Bonchev–Trinajstić information content (AvgIpc) is 3.12. The third kappa shape index (κ3) is 5.57. The van der Waals surface area contributed by atoms with Gasteiger partial charge in [0.15, 0.2) is 0 Å². The molecule has 1 heterocycles. The second-order valence-corrected chi connectivity index (χ2v) is 6.97. The number of hydrogen-bond acceptors (Lipinski definition) is 4. The van der Waals surface area contributed by atoms with Gasteiger partial charge in [0.05, 0.1) is 18.2 Å². The maximum absolute atomic E-state index is 11.1. The van der Waals surface area contributed by atoms with E-state index in [0.29, 0.717) is 18.1 Å². The smallest absolute Gasteiger partial charge is 0.231 e. The van der Waals surface area contributed by atoms with Crippen molar-refractivity contribution in [1.82, 2.24) is 10.4 Å². The number of nitrogens with one attached hydrogen (secondary N) is 1. The SMILES string of the molecule is CC(=O)NN1CC[C@@H](CCCOc2ccc(-c3ccc(C#N)cc3)cc2)C1. The maximum atomic E-state index is 11.1. The molecule has 1 saturated heterocycles. The van der Waals surface area contributed by atoms with Gasteiger partial charge in [0.25, 0.3) is 0 Å². The van der Waals surface area contributed by atoms with E-state index >= 15 is 0 Å². The Hall–Kier alpha value is -2.84. The van der Waals surface area contributed by atoms with E-state index in [2.05, 4.69) is 11.5 Å². The average molecular weight is 363 g/mol. The first-order valence-electron chi connectivity index (χ1n) is 9.39. The van der Waals surface area contributed by atoms with Gasteiger partial charge in [-0.2, -0.15) is 5.26 Å². The molecule has 27 heavy (non-hydrogen) atoms. The number of hydrogen-bond donors (Lipinski definition) is 1. The first-order valence-corrected chi connectivity index (χ1v) is 9.39. The van der Waals surface area contributed by atoms with Crippen molar-refractivity contribution in [2.75, 3.05) is 19.7 Å². The summed E-state index contributed by atoms with van der Waals surface area (Å²) < 4.78 is 5.86. The summed E-state index contributed by atoms with van der Waals surface area (Å²) in [6.45, 7) is 4.11. The van der Waals surface area contributed by atoms with Crippen LogP contribution in [0.5, 0.6) is 5.75 Å². The third-order valence-corrected chi connectivity index (χ3v) is 4.83. The molecule has 1 N–H and O–H groups in total. The molecular formula is C22H25N3O2. The van der Waals surface area contributed by atoms with Crippen molar-refractivity contribution in [2.24, 2.45) is 5.92 Å². The minimum Gasteiger partial charge on any atom is -0.494 e. The van der Waals surface area contributed by atoms with Crippen molar-refractivity contribution in [1.29, 1.82) is 5.26 Å². The standard InChI is InChI=1S/C22H25N3O2/c1-17(26)24-25-13-12-19(16-25)3-2-14-27-22-10-8-21(9-11-22)20-6-4-18(15-23)5-7-20/h4-11,19H,2-3,12-14,16H2,1H3,(H,24,26)/t19-/m1/s1. The lowest BCUT2D eigenvalue weighted by molar-refractivity contribution is -0.123. The largest absolute Gasteiger partial charge is 0.494 e. The molecule has 0 aromatic heterocycles. The summed E-state index contributed by atoms with van der Waals surface area (Å²) in [6.07, 6.45) is 3.24. The first-order chi connectivity index (χ1) is 13.1. The van der Waals surface area contributed by atoms with Crippen LogP contribution in [0, 0.1) is 17.2 Å². The highest BCUT2D eigenvalue weighted by Crippen LogP contribution is 2.23. The molecule has 0 spiro atoms. The summed E-state index contributed by atoms with van der Waals surface area (Å²) in [6, 6.07) is 17.8. The Morgan fingerprint density at radius 3 is 2.48 bits per heavy atom. The molecule has 2 aromatic rings. The van der Waals surface area contributed by atoms with Crippen molar-refractivity contribution >= 4 is 5.91 Å². The number of hydrazine groups is 1. The Kier molecular flexibility index (Phi) is 6.45. The first kappa shape index (κ1) is 18.9. The van der Waals surface area contributed by atoms with Crippen LogP contribution in [0.25, 0.3) is 11.1 Å². The normalized spacial score (nSPS) is 16.7. The van der Waals surface area contributed by atoms with E-state index in [4.69, 9.17) is 10.00 Å². The monoisotopic (exact) mass is 363 g/mol. The summed E-state index contributed by atoms with van der Waals surface area (Å²) in [5, 5.41) is 10.9. The zero-order chi connectivity index (χ0) is 19.1. The highest BCUT2D eigenvalue weighted by atomic mass is 16.5. The van der Waals surface area contributed by atoms with Crippen LogP contribution in [0.2, 0.25) is 0 Å². The number of amides is 1. The summed E-state index contributed by atoms with van der Waals surface area (Å²) in [7, 11) is 0. The topological polar surface area (TPSA) is 65.4 Å². The van der Waals surface area contributed by atoms with Crippen LogP contribution >= 0.6 is 0 Å². The van der Waals surface area contributed by atoms with Gasteiger partial charge in [-0.3, -0.25) is 10.2 Å². The number of ether oxygens (including phenoxy) is 1. The molecule has 1 aliphatic rings. The molecule has 3 rings (SSSR count). The summed E-state index contributed by atoms with van der Waals surface area (Å²) >= 11 is 0. The molecule has 1 fully saturated rings. The van der Waals surface area contributed by atoms with E-state index in [1.165, 1.54) is 0 Å². The van der Waals surface area contributed by atoms with Crippen LogP contribution < -0.4 is 10.2 Å². The molecule has 1 atom stereocenters. The molecule has 0 unspecified atom stereocenters. The predicted octanol–water partition coefficient (Wildman–Crippen LogP) is 3.76. The van der Waals surface area contributed by atoms with Crippen LogP contribution in [0.3, 0.4) is 0 Å². The third-order valence-electron chi connectivity index (χ3n) is 4.83. The Morgan fingerprint density at radius 2 is 1.85 bits per heavy atom. The lowest BCUT2D eigenvalue weighted by atomic mass is 10.0. The van der Waals surface area contributed by atoms with Gasteiger partial charge in [-0.25, -0.2) is 5.01 Å². The number of carbonyl (C=O) groups is 1. The number of nitriles is 1. The summed E-state index contributed by atoms with van der Waals surface area (Å²) in [5.74, 6) is 1.50. The zero-order valence-electron chi connectivity index (χ0n) is 15.6. The van der Waals surface area contributed by atoms with Gasteiger partial charge in [0.1, 0.15) is 5.75 Å². The van der Waals surface area contributed by atoms with Gasteiger partial charge >= 0.3 is 0 Å². The predicted molar refractivity (Wildman–Crippen MR) is 105 cm³/mol. The fraction of sp³-hybridized carbons (Fsp3) is 0.364. The number of carbonyl (C=O) groups excluding carboxylic acids is 1. The van der Waals surface area contributed by atoms with Crippen molar-refractivity contribution in [2.45, 2.75) is 26.2 Å². The van der Waals surface area contributed by atoms with Gasteiger partial charge in [0.2, 0.25) is 5.91 Å². The van der Waals surface area contributed by atoms with Crippen molar-refractivity contribution in [3.63, 3.8) is 0 Å². The van der Waals surface area contributed by atoms with Crippen molar-refractivity contribution in [3.8, 4) is 22.9 Å². The highest BCUT2D eigenvalue weighted by Gasteiger charge is 2.22. The Morgan fingerprint density at radius 1 is 1.19 bits per heavy atom. The van der Waals surface area contributed by atoms with E-state index < -0.39 is 0 Å². The van der Waals surface area contributed by atoms with Gasteiger partial charge in [-0.1, -0.05) is 24.3 Å². The van der Waals surface area contributed by atoms with E-state index in [1.54, 1.807) is 6.92 Å². The molecule has 0 saturated carbocycles. The summed E-state index contributed by atoms with van der Waals surface area (Å²) in [4.78, 5) is 11.1. The zero-order valence-corrected chi connectivity index (χ0v) is 15.6. The lowest BCUT2D eigenvalue weighted by Gasteiger charge is -2.16. The summed E-state index contributed by atoms with van der Waals surface area (Å²) in [5.41, 5.74) is 5.72. The van der Waals surface area contributed by atoms with Crippen LogP contribution in [0.15, 0.2) is 48.5 Å². The fourth-order valence-corrected chi connectivity index (χ4v) is 3.44. The van der Waals surface area contributed by atoms with Crippen LogP contribution in [0.4, 0.5) is 0 Å². The quantitative estimate of drug-likeness (QED) is 0.761. The molecule has 1 amide bonds. The molecule has 0 radical (unpaired) electrons. The van der Waals surface area contributed by atoms with Crippen LogP contribution in [-0.4, -0.2) is 30.6 Å². The molecule has 5 nitrogen and oxygen atoms in total. The van der Waals surface area contributed by atoms with Crippen molar-refractivity contribution in [3.05, 3.63) is 54.1 Å². The van der Waals surface area contributed by atoms with E-state index in [-0.39, 0.29) is 5.91 Å². The van der Waals surface area contributed by atoms with Gasteiger partial charge in [-0.05, 0) is 60.6 Å². The van der Waals surface area contributed by atoms with Gasteiger partial charge in [0, 0.05) is 20.0 Å². The minimum absolute atomic E-state index is 0.00318. The molecule has 2 aromatic carbocycles. The van der Waals surface area contributed by atoms with E-state index in [0.717, 1.165) is 49.2 Å². The second kappa shape index (κ2) is 9.20. The van der Waals surface area contributed by atoms with E-state index in [9.17, 15) is 4.79 Å². The number of nitrogens with zero attached hydrogens (tertiary/aromatic N) is 2. The molecule has 1 aliphatic heterocycles. The minimum atomic E-state index is 0.00318. The fourth-order valence-electron chi connectivity index (χ4n) is 3.44. The van der Waals surface area contributed by atoms with Crippen LogP contribution in [-0.2, 0) is 4.79 Å². The maximum Gasteiger partial charge on any atom is 0.231 e. The Balaban J connectivity index is 1.40. The molecule has 140 valence electrons. The molecule has 0 aliphatic carbocycles. The number of rotatable bonds is 7. The van der Waals surface area contributed by atoms with Gasteiger partial charge in [-0.15, -0.1) is 0 Å². The molecule has 0 bridgehead atoms. The van der Waals surface area contributed by atoms with Crippen LogP contribution in [0.1, 0.15) is 31.7 Å². The van der Waals surface area contributed by atoms with E-state index in [1.807, 2.05) is 53.5 Å². The molecular weight excluding hydrogens is 338 g/mol. The Labute approximate surface area is 160 Å². The molecule has 5 heteroatoms. The lowest BCUT2D eigenvalue weighted by Crippen LogP contribution is -2.39.